The Balaban J connectivity index is 3.43. The predicted octanol–water partition coefficient (Wildman–Crippen LogP) is 12.5. The molecule has 0 amide bonds. The van der Waals surface area contributed by atoms with Gasteiger partial charge >= 0.3 is 5.97 Å². The summed E-state index contributed by atoms with van der Waals surface area (Å²) in [5.74, 6) is -0.291. The summed E-state index contributed by atoms with van der Waals surface area (Å²) in [4.78, 5) is 11.7. The van der Waals surface area contributed by atoms with Crippen LogP contribution in [-0.4, -0.2) is 5.97 Å². The Morgan fingerprint density at radius 2 is 0.816 bits per heavy atom. The lowest BCUT2D eigenvalue weighted by molar-refractivity contribution is -0.132. The zero-order valence-electron chi connectivity index (χ0n) is 25.6. The van der Waals surface area contributed by atoms with Crippen molar-refractivity contribution in [2.75, 3.05) is 0 Å². The molecule has 0 rings (SSSR count). The molecule has 0 atom stereocenters. The van der Waals surface area contributed by atoms with Crippen LogP contribution < -0.4 is 0 Å². The molecule has 0 saturated carbocycles. The molecule has 0 unspecified atom stereocenters. The Bertz CT molecular complexity index is 584. The molecule has 0 bridgehead atoms. The molecule has 0 fully saturated rings. The van der Waals surface area contributed by atoms with Gasteiger partial charge in [0.25, 0.3) is 0 Å². The topological polar surface area (TPSA) is 26.3 Å². The van der Waals surface area contributed by atoms with Gasteiger partial charge in [-0.2, -0.15) is 0 Å². The van der Waals surface area contributed by atoms with Gasteiger partial charge in [-0.1, -0.05) is 179 Å². The van der Waals surface area contributed by atoms with Crippen molar-refractivity contribution in [2.24, 2.45) is 0 Å². The summed E-state index contributed by atoms with van der Waals surface area (Å²) in [7, 11) is 0. The molecule has 0 spiro atoms. The lowest BCUT2D eigenvalue weighted by atomic mass is 10.0. The van der Waals surface area contributed by atoms with Crippen LogP contribution in [0.25, 0.3) is 0 Å². The first-order valence-electron chi connectivity index (χ1n) is 16.7. The molecule has 0 N–H and O–H groups in total. The van der Waals surface area contributed by atoms with Crippen LogP contribution in [0.4, 0.5) is 0 Å². The van der Waals surface area contributed by atoms with Gasteiger partial charge in [-0.25, -0.2) is 4.79 Å². The van der Waals surface area contributed by atoms with Crippen molar-refractivity contribution in [1.82, 2.24) is 0 Å². The molecule has 0 saturated heterocycles. The number of carbonyl (C=O) groups is 1. The Hall–Kier alpha value is -1.57. The second kappa shape index (κ2) is 33.5. The molecule has 2 heteroatoms. The van der Waals surface area contributed by atoms with Crippen LogP contribution in [0, 0.1) is 0 Å². The Kier molecular flexibility index (Phi) is 32.1. The zero-order valence-corrected chi connectivity index (χ0v) is 25.6. The van der Waals surface area contributed by atoms with Crippen molar-refractivity contribution in [3.05, 3.63) is 48.8 Å². The third kappa shape index (κ3) is 32.5. The zero-order chi connectivity index (χ0) is 27.6. The van der Waals surface area contributed by atoms with E-state index in [-0.39, 0.29) is 5.97 Å². The second-order valence-corrected chi connectivity index (χ2v) is 11.0. The molecule has 0 aromatic rings. The van der Waals surface area contributed by atoms with Gasteiger partial charge in [0.1, 0.15) is 0 Å². The van der Waals surface area contributed by atoms with Gasteiger partial charge in [-0.05, 0) is 31.8 Å². The molecule has 38 heavy (non-hydrogen) atoms. The van der Waals surface area contributed by atoms with Crippen molar-refractivity contribution < 1.29 is 9.53 Å². The van der Waals surface area contributed by atoms with Crippen LogP contribution >= 0.6 is 0 Å². The highest BCUT2D eigenvalue weighted by Gasteiger charge is 1.95. The molecular weight excluding hydrogens is 464 g/mol. The van der Waals surface area contributed by atoms with Gasteiger partial charge in [0, 0.05) is 6.08 Å². The maximum absolute atomic E-state index is 11.7. The number of esters is 1. The van der Waals surface area contributed by atoms with Crippen LogP contribution in [0.2, 0.25) is 0 Å². The SMILES string of the molecule is CCCCCCCCCCCCC=CC=CC=COC(=O)C=CCCCCCCCCCCCCCCC. The quantitative estimate of drug-likeness (QED) is 0.0317. The van der Waals surface area contributed by atoms with Crippen molar-refractivity contribution in [3.8, 4) is 0 Å². The monoisotopic (exact) mass is 528 g/mol. The van der Waals surface area contributed by atoms with Crippen molar-refractivity contribution in [1.29, 1.82) is 0 Å². The Labute approximate surface area is 238 Å². The van der Waals surface area contributed by atoms with E-state index in [2.05, 4.69) is 26.0 Å². The third-order valence-electron chi connectivity index (χ3n) is 7.18. The first kappa shape index (κ1) is 36.4. The molecule has 220 valence electrons. The Morgan fingerprint density at radius 1 is 0.447 bits per heavy atom. The highest BCUT2D eigenvalue weighted by atomic mass is 16.5. The van der Waals surface area contributed by atoms with Crippen LogP contribution in [0.3, 0.4) is 0 Å². The highest BCUT2D eigenvalue weighted by Crippen LogP contribution is 2.13. The van der Waals surface area contributed by atoms with Crippen LogP contribution in [0.1, 0.15) is 174 Å². The highest BCUT2D eigenvalue weighted by molar-refractivity contribution is 5.82. The van der Waals surface area contributed by atoms with Gasteiger partial charge < -0.3 is 4.74 Å². The largest absolute Gasteiger partial charge is 0.431 e. The summed E-state index contributed by atoms with van der Waals surface area (Å²) in [5, 5.41) is 0. The van der Waals surface area contributed by atoms with Crippen LogP contribution in [0.15, 0.2) is 48.8 Å². The summed E-state index contributed by atoms with van der Waals surface area (Å²) in [5.41, 5.74) is 0. The average molecular weight is 529 g/mol. The number of allylic oxidation sites excluding steroid dienone is 6. The van der Waals surface area contributed by atoms with Crippen LogP contribution in [0.5, 0.6) is 0 Å². The number of hydrogen-bond donors (Lipinski definition) is 0. The van der Waals surface area contributed by atoms with E-state index in [9.17, 15) is 4.79 Å². The lowest BCUT2D eigenvalue weighted by Gasteiger charge is -2.02. The third-order valence-corrected chi connectivity index (χ3v) is 7.18. The van der Waals surface area contributed by atoms with Gasteiger partial charge in [0.15, 0.2) is 0 Å². The summed E-state index contributed by atoms with van der Waals surface area (Å²) in [6, 6.07) is 0. The number of ether oxygens (including phenoxy) is 1. The van der Waals surface area contributed by atoms with Gasteiger partial charge in [-0.15, -0.1) is 0 Å². The van der Waals surface area contributed by atoms with Crippen molar-refractivity contribution >= 4 is 5.97 Å². The molecule has 0 heterocycles. The standard InChI is InChI=1S/C36H64O2/c1-3-5-7-9-11-13-15-17-19-21-23-25-27-29-31-33-35-38-36(37)34-32-30-28-26-24-22-20-18-16-14-12-10-8-6-4-2/h25,27,29,31-35H,3-24,26,28,30H2,1-2H3. The summed E-state index contributed by atoms with van der Waals surface area (Å²) in [6.45, 7) is 4.56. The molecule has 0 aliphatic rings. The van der Waals surface area contributed by atoms with E-state index in [1.807, 2.05) is 18.2 Å². The molecule has 0 aromatic carbocycles. The van der Waals surface area contributed by atoms with E-state index in [0.717, 1.165) is 19.3 Å². The second-order valence-electron chi connectivity index (χ2n) is 11.0. The maximum atomic E-state index is 11.7. The van der Waals surface area contributed by atoms with Gasteiger partial charge in [-0.3, -0.25) is 0 Å². The minimum Gasteiger partial charge on any atom is -0.431 e. The van der Waals surface area contributed by atoms with Crippen molar-refractivity contribution in [2.45, 2.75) is 174 Å². The molecule has 0 aliphatic carbocycles. The molecular formula is C36H64O2. The van der Waals surface area contributed by atoms with Gasteiger partial charge in [0.05, 0.1) is 6.26 Å². The molecule has 2 nitrogen and oxygen atoms in total. The molecule has 0 radical (unpaired) electrons. The number of hydrogen-bond acceptors (Lipinski definition) is 2. The van der Waals surface area contributed by atoms with Gasteiger partial charge in [0.2, 0.25) is 0 Å². The number of unbranched alkanes of at least 4 members (excludes halogenated alkanes) is 23. The van der Waals surface area contributed by atoms with E-state index in [1.54, 1.807) is 12.2 Å². The summed E-state index contributed by atoms with van der Waals surface area (Å²) >= 11 is 0. The fraction of sp³-hybridized carbons (Fsp3) is 0.750. The predicted molar refractivity (Wildman–Crippen MR) is 169 cm³/mol. The van der Waals surface area contributed by atoms with E-state index < -0.39 is 0 Å². The fourth-order valence-electron chi connectivity index (χ4n) is 4.70. The number of rotatable bonds is 29. The lowest BCUT2D eigenvalue weighted by Crippen LogP contribution is -1.92. The van der Waals surface area contributed by atoms with Crippen molar-refractivity contribution in [3.63, 3.8) is 0 Å². The number of carbonyl (C=O) groups excluding carboxylic acids is 1. The fourth-order valence-corrected chi connectivity index (χ4v) is 4.70. The normalized spacial score (nSPS) is 12.2. The molecule has 0 aromatic heterocycles. The average Bonchev–Trinajstić information content (AvgIpc) is 2.92. The summed E-state index contributed by atoms with van der Waals surface area (Å²) < 4.78 is 5.10. The maximum Gasteiger partial charge on any atom is 0.335 e. The minimum absolute atomic E-state index is 0.291. The Morgan fingerprint density at radius 3 is 1.26 bits per heavy atom. The first-order chi connectivity index (χ1) is 18.8. The smallest absolute Gasteiger partial charge is 0.335 e. The van der Waals surface area contributed by atoms with E-state index in [0.29, 0.717) is 0 Å². The summed E-state index contributed by atoms with van der Waals surface area (Å²) in [6.07, 6.45) is 48.6. The molecule has 0 aliphatic heterocycles. The minimum atomic E-state index is -0.291. The van der Waals surface area contributed by atoms with E-state index >= 15 is 0 Å². The van der Waals surface area contributed by atoms with E-state index in [4.69, 9.17) is 4.74 Å². The van der Waals surface area contributed by atoms with Crippen LogP contribution in [-0.2, 0) is 9.53 Å². The first-order valence-corrected chi connectivity index (χ1v) is 16.7. The van der Waals surface area contributed by atoms with E-state index in [1.165, 1.54) is 148 Å².